The van der Waals surface area contributed by atoms with Gasteiger partial charge in [-0.25, -0.2) is 4.39 Å². The van der Waals surface area contributed by atoms with E-state index in [9.17, 15) is 14.3 Å². The Morgan fingerprint density at radius 1 is 1.35 bits per heavy atom. The first-order chi connectivity index (χ1) is 9.40. The van der Waals surface area contributed by atoms with Crippen molar-refractivity contribution in [2.24, 2.45) is 0 Å². The molecule has 112 valence electrons. The highest BCUT2D eigenvalue weighted by Crippen LogP contribution is 2.15. The van der Waals surface area contributed by atoms with Gasteiger partial charge >= 0.3 is 0 Å². The SMILES string of the molecule is CC(C)(F)CCC(=O)N[C@@H](CO)CCc1ccccc1. The Hall–Kier alpha value is -1.42. The van der Waals surface area contributed by atoms with Crippen molar-refractivity contribution in [2.45, 2.75) is 51.2 Å². The average molecular weight is 281 g/mol. The summed E-state index contributed by atoms with van der Waals surface area (Å²) in [6.45, 7) is 2.82. The molecule has 0 spiro atoms. The smallest absolute Gasteiger partial charge is 0.220 e. The number of halogens is 1. The molecule has 0 saturated carbocycles. The second kappa shape index (κ2) is 8.00. The van der Waals surface area contributed by atoms with Gasteiger partial charge in [0.15, 0.2) is 0 Å². The van der Waals surface area contributed by atoms with E-state index in [2.05, 4.69) is 5.32 Å². The van der Waals surface area contributed by atoms with E-state index in [4.69, 9.17) is 0 Å². The molecule has 1 aromatic rings. The monoisotopic (exact) mass is 281 g/mol. The maximum absolute atomic E-state index is 13.3. The molecule has 0 saturated heterocycles. The molecule has 0 aliphatic rings. The van der Waals surface area contributed by atoms with Crippen LogP contribution in [0, 0.1) is 0 Å². The lowest BCUT2D eigenvalue weighted by Crippen LogP contribution is -2.38. The van der Waals surface area contributed by atoms with Gasteiger partial charge < -0.3 is 10.4 Å². The molecule has 1 atom stereocenters. The van der Waals surface area contributed by atoms with Crippen molar-refractivity contribution < 1.29 is 14.3 Å². The van der Waals surface area contributed by atoms with E-state index in [1.165, 1.54) is 19.4 Å². The van der Waals surface area contributed by atoms with Crippen LogP contribution < -0.4 is 5.32 Å². The van der Waals surface area contributed by atoms with Crippen LogP contribution in [0.1, 0.15) is 38.7 Å². The van der Waals surface area contributed by atoms with E-state index in [0.29, 0.717) is 6.42 Å². The van der Waals surface area contributed by atoms with E-state index < -0.39 is 5.67 Å². The Kier molecular flexibility index (Phi) is 6.65. The summed E-state index contributed by atoms with van der Waals surface area (Å²) in [5.41, 5.74) is -0.166. The largest absolute Gasteiger partial charge is 0.394 e. The molecular formula is C16H24FNO2. The average Bonchev–Trinajstić information content (AvgIpc) is 2.41. The zero-order valence-electron chi connectivity index (χ0n) is 12.2. The van der Waals surface area contributed by atoms with Gasteiger partial charge in [0.2, 0.25) is 5.91 Å². The fourth-order valence-electron chi connectivity index (χ4n) is 1.91. The number of aliphatic hydroxyl groups is 1. The van der Waals surface area contributed by atoms with Gasteiger partial charge in [0.1, 0.15) is 5.67 Å². The predicted octanol–water partition coefficient (Wildman–Crippen LogP) is 2.62. The molecule has 0 aliphatic heterocycles. The highest BCUT2D eigenvalue weighted by molar-refractivity contribution is 5.76. The summed E-state index contributed by atoms with van der Waals surface area (Å²) in [6.07, 6.45) is 1.80. The van der Waals surface area contributed by atoms with Gasteiger partial charge in [-0.15, -0.1) is 0 Å². The van der Waals surface area contributed by atoms with Crippen LogP contribution >= 0.6 is 0 Å². The highest BCUT2D eigenvalue weighted by atomic mass is 19.1. The molecular weight excluding hydrogens is 257 g/mol. The van der Waals surface area contributed by atoms with E-state index in [0.717, 1.165) is 6.42 Å². The van der Waals surface area contributed by atoms with Crippen LogP contribution in [0.5, 0.6) is 0 Å². The number of rotatable bonds is 8. The molecule has 1 amide bonds. The van der Waals surface area contributed by atoms with Crippen LogP contribution in [0.4, 0.5) is 4.39 Å². The summed E-state index contributed by atoms with van der Waals surface area (Å²) in [5.74, 6) is -0.206. The normalized spacial score (nSPS) is 13.0. The molecule has 0 aromatic heterocycles. The minimum atomic E-state index is -1.34. The Labute approximate surface area is 120 Å². The number of alkyl halides is 1. The van der Waals surface area contributed by atoms with Crippen LogP contribution in [0.2, 0.25) is 0 Å². The molecule has 0 bridgehead atoms. The summed E-state index contributed by atoms with van der Waals surface area (Å²) in [5, 5.41) is 12.0. The first-order valence-corrected chi connectivity index (χ1v) is 7.04. The van der Waals surface area contributed by atoms with Crippen molar-refractivity contribution in [3.8, 4) is 0 Å². The fourth-order valence-corrected chi connectivity index (χ4v) is 1.91. The lowest BCUT2D eigenvalue weighted by molar-refractivity contribution is -0.122. The lowest BCUT2D eigenvalue weighted by Gasteiger charge is -2.18. The lowest BCUT2D eigenvalue weighted by atomic mass is 10.0. The third-order valence-corrected chi connectivity index (χ3v) is 3.16. The molecule has 2 N–H and O–H groups in total. The van der Waals surface area contributed by atoms with E-state index >= 15 is 0 Å². The molecule has 0 aliphatic carbocycles. The highest BCUT2D eigenvalue weighted by Gasteiger charge is 2.18. The summed E-state index contributed by atoms with van der Waals surface area (Å²) in [4.78, 5) is 11.7. The van der Waals surface area contributed by atoms with Crippen LogP contribution in [0.25, 0.3) is 0 Å². The molecule has 1 rings (SSSR count). The number of carbonyl (C=O) groups is 1. The number of hydrogen-bond donors (Lipinski definition) is 2. The standard InChI is InChI=1S/C16H24FNO2/c1-16(2,17)11-10-15(20)18-14(12-19)9-8-13-6-4-3-5-7-13/h3-7,14,19H,8-12H2,1-2H3,(H,18,20)/t14-/m1/s1. The molecule has 20 heavy (non-hydrogen) atoms. The van der Waals surface area contributed by atoms with Crippen molar-refractivity contribution in [1.29, 1.82) is 0 Å². The minimum Gasteiger partial charge on any atom is -0.394 e. The van der Waals surface area contributed by atoms with Crippen molar-refractivity contribution in [3.63, 3.8) is 0 Å². The Morgan fingerprint density at radius 2 is 2.00 bits per heavy atom. The van der Waals surface area contributed by atoms with Crippen molar-refractivity contribution in [3.05, 3.63) is 35.9 Å². The predicted molar refractivity (Wildman–Crippen MR) is 78.2 cm³/mol. The fraction of sp³-hybridized carbons (Fsp3) is 0.562. The molecule has 1 aromatic carbocycles. The summed E-state index contributed by atoms with van der Waals surface area (Å²) >= 11 is 0. The molecule has 0 radical (unpaired) electrons. The second-order valence-corrected chi connectivity index (χ2v) is 5.69. The summed E-state index contributed by atoms with van der Waals surface area (Å²) < 4.78 is 13.3. The third-order valence-electron chi connectivity index (χ3n) is 3.16. The number of benzene rings is 1. The number of hydrogen-bond acceptors (Lipinski definition) is 2. The Bertz CT molecular complexity index is 401. The number of carbonyl (C=O) groups excluding carboxylic acids is 1. The second-order valence-electron chi connectivity index (χ2n) is 5.69. The van der Waals surface area contributed by atoms with E-state index in [-0.39, 0.29) is 31.4 Å². The molecule has 0 fully saturated rings. The Morgan fingerprint density at radius 3 is 2.55 bits per heavy atom. The molecule has 4 heteroatoms. The summed E-state index contributed by atoms with van der Waals surface area (Å²) in [6, 6.07) is 9.64. The number of aryl methyl sites for hydroxylation is 1. The topological polar surface area (TPSA) is 49.3 Å². The number of nitrogens with one attached hydrogen (secondary N) is 1. The van der Waals surface area contributed by atoms with Crippen molar-refractivity contribution in [2.75, 3.05) is 6.61 Å². The number of amides is 1. The number of aliphatic hydroxyl groups excluding tert-OH is 1. The van der Waals surface area contributed by atoms with Crippen LogP contribution in [-0.4, -0.2) is 29.3 Å². The zero-order chi connectivity index (χ0) is 15.0. The molecule has 3 nitrogen and oxygen atoms in total. The van der Waals surface area contributed by atoms with Gasteiger partial charge in [0.25, 0.3) is 0 Å². The zero-order valence-corrected chi connectivity index (χ0v) is 12.2. The van der Waals surface area contributed by atoms with Gasteiger partial charge in [0.05, 0.1) is 12.6 Å². The van der Waals surface area contributed by atoms with Crippen molar-refractivity contribution >= 4 is 5.91 Å². The minimum absolute atomic E-state index is 0.0996. The van der Waals surface area contributed by atoms with Gasteiger partial charge in [-0.1, -0.05) is 30.3 Å². The van der Waals surface area contributed by atoms with E-state index in [1.54, 1.807) is 0 Å². The first-order valence-electron chi connectivity index (χ1n) is 7.04. The van der Waals surface area contributed by atoms with Gasteiger partial charge in [-0.3, -0.25) is 4.79 Å². The summed E-state index contributed by atoms with van der Waals surface area (Å²) in [7, 11) is 0. The van der Waals surface area contributed by atoms with Gasteiger partial charge in [-0.05, 0) is 38.7 Å². The molecule has 0 heterocycles. The van der Waals surface area contributed by atoms with Crippen LogP contribution in [-0.2, 0) is 11.2 Å². The quantitative estimate of drug-likeness (QED) is 0.769. The van der Waals surface area contributed by atoms with E-state index in [1.807, 2.05) is 30.3 Å². The first kappa shape index (κ1) is 16.6. The molecule has 0 unspecified atom stereocenters. The van der Waals surface area contributed by atoms with Crippen LogP contribution in [0.3, 0.4) is 0 Å². The Balaban J connectivity index is 2.33. The maximum Gasteiger partial charge on any atom is 0.220 e. The third kappa shape index (κ3) is 7.24. The maximum atomic E-state index is 13.3. The van der Waals surface area contributed by atoms with Crippen LogP contribution in [0.15, 0.2) is 30.3 Å². The van der Waals surface area contributed by atoms with Crippen molar-refractivity contribution in [1.82, 2.24) is 5.32 Å². The van der Waals surface area contributed by atoms with Gasteiger partial charge in [0, 0.05) is 6.42 Å². The van der Waals surface area contributed by atoms with Gasteiger partial charge in [-0.2, -0.15) is 0 Å².